The SMILES string of the molecule is C.C.CC(=O)CC[C@H](N)C(=O)OC(C)(C)C.CC(=O)CC[C@H](N=C=O)C(=O)OC(C)(C)C. The summed E-state index contributed by atoms with van der Waals surface area (Å²) in [6.45, 7) is 13.4. The Morgan fingerprint density at radius 3 is 1.53 bits per heavy atom. The second kappa shape index (κ2) is 17.2. The molecule has 188 valence electrons. The molecule has 2 N–H and O–H groups in total. The number of aliphatic imine (C=N–C) groups is 1. The van der Waals surface area contributed by atoms with Crippen molar-refractivity contribution in [1.29, 1.82) is 0 Å². The maximum atomic E-state index is 11.6. The lowest BCUT2D eigenvalue weighted by Crippen LogP contribution is -2.37. The Hall–Kier alpha value is -2.38. The Balaban J connectivity index is -0.000000232. The summed E-state index contributed by atoms with van der Waals surface area (Å²) in [5.41, 5.74) is 4.39. The van der Waals surface area contributed by atoms with Crippen LogP contribution in [0.15, 0.2) is 4.99 Å². The van der Waals surface area contributed by atoms with E-state index in [0.717, 1.165) is 0 Å². The maximum Gasteiger partial charge on any atom is 0.332 e. The average molecular weight is 461 g/mol. The van der Waals surface area contributed by atoms with Crippen LogP contribution < -0.4 is 5.73 Å². The summed E-state index contributed by atoms with van der Waals surface area (Å²) in [6, 6.07) is -1.63. The van der Waals surface area contributed by atoms with Gasteiger partial charge in [0.2, 0.25) is 6.08 Å². The summed E-state index contributed by atoms with van der Waals surface area (Å²) < 4.78 is 10.1. The quantitative estimate of drug-likeness (QED) is 0.312. The highest BCUT2D eigenvalue weighted by Gasteiger charge is 2.25. The van der Waals surface area contributed by atoms with Crippen molar-refractivity contribution in [3.05, 3.63) is 0 Å². The van der Waals surface area contributed by atoms with Crippen molar-refractivity contribution < 1.29 is 33.4 Å². The molecule has 0 aromatic rings. The third-order valence-corrected chi connectivity index (χ3v) is 3.17. The first-order valence-electron chi connectivity index (χ1n) is 9.75. The second-order valence-corrected chi connectivity index (χ2v) is 8.89. The van der Waals surface area contributed by atoms with E-state index in [-0.39, 0.29) is 39.3 Å². The topological polar surface area (TPSA) is 142 Å². The van der Waals surface area contributed by atoms with Gasteiger partial charge < -0.3 is 24.8 Å². The van der Waals surface area contributed by atoms with E-state index < -0.39 is 35.2 Å². The lowest BCUT2D eigenvalue weighted by atomic mass is 10.1. The van der Waals surface area contributed by atoms with Crippen LogP contribution in [0.1, 0.15) is 95.9 Å². The summed E-state index contributed by atoms with van der Waals surface area (Å²) in [7, 11) is 0. The summed E-state index contributed by atoms with van der Waals surface area (Å²) in [4.78, 5) is 57.8. The van der Waals surface area contributed by atoms with Crippen LogP contribution in [-0.2, 0) is 33.4 Å². The molecule has 0 aliphatic rings. The predicted octanol–water partition coefficient (Wildman–Crippen LogP) is 3.70. The zero-order valence-electron chi connectivity index (χ0n) is 19.4. The smallest absolute Gasteiger partial charge is 0.332 e. The Morgan fingerprint density at radius 2 is 1.19 bits per heavy atom. The summed E-state index contributed by atoms with van der Waals surface area (Å²) in [5, 5.41) is 0. The normalized spacial score (nSPS) is 12.2. The number of rotatable bonds is 9. The van der Waals surface area contributed by atoms with Gasteiger partial charge in [-0.25, -0.2) is 9.59 Å². The van der Waals surface area contributed by atoms with Gasteiger partial charge in [-0.05, 0) is 68.2 Å². The van der Waals surface area contributed by atoms with E-state index in [9.17, 15) is 24.0 Å². The fourth-order valence-electron chi connectivity index (χ4n) is 1.86. The molecule has 0 spiro atoms. The number of nitrogens with zero attached hydrogens (tertiary/aromatic N) is 1. The molecule has 0 saturated carbocycles. The molecule has 0 saturated heterocycles. The lowest BCUT2D eigenvalue weighted by molar-refractivity contribution is -0.157. The zero-order chi connectivity index (χ0) is 24.1. The molecule has 0 aromatic heterocycles. The van der Waals surface area contributed by atoms with Crippen LogP contribution in [0.2, 0.25) is 0 Å². The number of hydrogen-bond donors (Lipinski definition) is 1. The van der Waals surface area contributed by atoms with Crippen molar-refractivity contribution in [3.63, 3.8) is 0 Å². The van der Waals surface area contributed by atoms with Crippen molar-refractivity contribution >= 4 is 29.6 Å². The molecule has 32 heavy (non-hydrogen) atoms. The van der Waals surface area contributed by atoms with E-state index in [0.29, 0.717) is 12.8 Å². The Morgan fingerprint density at radius 1 is 0.812 bits per heavy atom. The van der Waals surface area contributed by atoms with Crippen molar-refractivity contribution in [2.24, 2.45) is 10.7 Å². The highest BCUT2D eigenvalue weighted by atomic mass is 16.6. The van der Waals surface area contributed by atoms with Crippen LogP contribution in [-0.4, -0.2) is 52.9 Å². The van der Waals surface area contributed by atoms with E-state index in [1.54, 1.807) is 41.5 Å². The van der Waals surface area contributed by atoms with Gasteiger partial charge in [0.1, 0.15) is 28.8 Å². The summed E-state index contributed by atoms with van der Waals surface area (Å²) in [6.07, 6.45) is 2.36. The predicted molar refractivity (Wildman–Crippen MR) is 125 cm³/mol. The highest BCUT2D eigenvalue weighted by Crippen LogP contribution is 2.13. The van der Waals surface area contributed by atoms with Crippen molar-refractivity contribution in [2.75, 3.05) is 0 Å². The van der Waals surface area contributed by atoms with E-state index >= 15 is 0 Å². The molecule has 0 bridgehead atoms. The van der Waals surface area contributed by atoms with Crippen LogP contribution in [0.5, 0.6) is 0 Å². The van der Waals surface area contributed by atoms with Gasteiger partial charge in [0.25, 0.3) is 0 Å². The number of nitrogens with two attached hydrogens (primary N) is 1. The Kier molecular flexibility index (Phi) is 19.9. The van der Waals surface area contributed by atoms with Gasteiger partial charge in [0, 0.05) is 12.8 Å². The number of isocyanates is 1. The molecule has 0 radical (unpaired) electrons. The van der Waals surface area contributed by atoms with E-state index in [2.05, 4.69) is 4.99 Å². The molecule has 0 amide bonds. The monoisotopic (exact) mass is 460 g/mol. The standard InChI is InChI=1S/C11H17NO4.C10H19NO3.2CH4/c1-8(14)5-6-9(12-7-13)10(15)16-11(2,3)4;1-7(12)5-6-8(11)9(13)14-10(2,3)4;;/h9H,5-6H2,1-4H3;8H,5-6,11H2,1-4H3;2*1H4/t9-;8-;;/m00../s1. The number of esters is 2. The first-order chi connectivity index (χ1) is 13.5. The summed E-state index contributed by atoms with van der Waals surface area (Å²) >= 11 is 0. The van der Waals surface area contributed by atoms with Crippen LogP contribution in [0.25, 0.3) is 0 Å². The molecule has 0 aliphatic heterocycles. The molecule has 0 heterocycles. The average Bonchev–Trinajstić information content (AvgIpc) is 2.53. The zero-order valence-corrected chi connectivity index (χ0v) is 19.4. The fourth-order valence-corrected chi connectivity index (χ4v) is 1.86. The minimum atomic E-state index is -0.930. The molecule has 0 aliphatic carbocycles. The van der Waals surface area contributed by atoms with Gasteiger partial charge >= 0.3 is 11.9 Å². The van der Waals surface area contributed by atoms with Gasteiger partial charge in [0.15, 0.2) is 6.04 Å². The third kappa shape index (κ3) is 23.9. The first-order valence-corrected chi connectivity index (χ1v) is 9.75. The molecule has 2 atom stereocenters. The van der Waals surface area contributed by atoms with E-state index in [1.165, 1.54) is 19.9 Å². The molecule has 0 aromatic carbocycles. The van der Waals surface area contributed by atoms with E-state index in [1.807, 2.05) is 0 Å². The minimum Gasteiger partial charge on any atom is -0.459 e. The fraction of sp³-hybridized carbons (Fsp3) is 0.783. The van der Waals surface area contributed by atoms with Crippen molar-refractivity contribution in [1.82, 2.24) is 0 Å². The molecule has 9 heteroatoms. The second-order valence-electron chi connectivity index (χ2n) is 8.89. The van der Waals surface area contributed by atoms with Gasteiger partial charge in [-0.1, -0.05) is 14.9 Å². The van der Waals surface area contributed by atoms with Crippen molar-refractivity contribution in [3.8, 4) is 0 Å². The molecule has 0 fully saturated rings. The van der Waals surface area contributed by atoms with Crippen LogP contribution in [0, 0.1) is 0 Å². The number of carbonyl (C=O) groups is 4. The lowest BCUT2D eigenvalue weighted by Gasteiger charge is -2.21. The Labute approximate surface area is 193 Å². The number of ketones is 2. The number of ether oxygens (including phenoxy) is 2. The molecular formula is C23H44N2O7. The summed E-state index contributed by atoms with van der Waals surface area (Å²) in [5.74, 6) is -1.07. The Bertz CT molecular complexity index is 640. The largest absolute Gasteiger partial charge is 0.459 e. The van der Waals surface area contributed by atoms with Gasteiger partial charge in [-0.15, -0.1) is 0 Å². The maximum absolute atomic E-state index is 11.6. The third-order valence-electron chi connectivity index (χ3n) is 3.17. The highest BCUT2D eigenvalue weighted by molar-refractivity contribution is 5.80. The number of carbonyl (C=O) groups excluding carboxylic acids is 5. The van der Waals surface area contributed by atoms with Gasteiger partial charge in [0.05, 0.1) is 0 Å². The minimum absolute atomic E-state index is 0. The van der Waals surface area contributed by atoms with Crippen LogP contribution >= 0.6 is 0 Å². The number of hydrogen-bond acceptors (Lipinski definition) is 9. The van der Waals surface area contributed by atoms with Gasteiger partial charge in [-0.2, -0.15) is 4.99 Å². The molecule has 0 rings (SSSR count). The van der Waals surface area contributed by atoms with Crippen LogP contribution in [0.4, 0.5) is 0 Å². The van der Waals surface area contributed by atoms with E-state index in [4.69, 9.17) is 15.2 Å². The first kappa shape index (κ1) is 37.0. The van der Waals surface area contributed by atoms with Crippen LogP contribution in [0.3, 0.4) is 0 Å². The van der Waals surface area contributed by atoms with Crippen molar-refractivity contribution in [2.45, 2.75) is 119 Å². The number of Topliss-reactive ketones (excluding diaryl/α,β-unsaturated/α-hetero) is 2. The molecular weight excluding hydrogens is 416 g/mol. The molecule has 9 nitrogen and oxygen atoms in total. The molecule has 0 unspecified atom stereocenters. The van der Waals surface area contributed by atoms with Gasteiger partial charge in [-0.3, -0.25) is 4.79 Å².